The lowest BCUT2D eigenvalue weighted by Crippen LogP contribution is -2.30. The molecule has 0 unspecified atom stereocenters. The number of anilines is 1. The van der Waals surface area contributed by atoms with Gasteiger partial charge in [-0.1, -0.05) is 5.21 Å². The Morgan fingerprint density at radius 2 is 2.17 bits per heavy atom. The molecule has 1 saturated heterocycles. The van der Waals surface area contributed by atoms with Crippen LogP contribution in [0, 0.1) is 12.7 Å². The van der Waals surface area contributed by atoms with E-state index in [-0.39, 0.29) is 17.8 Å². The Morgan fingerprint density at radius 3 is 2.87 bits per heavy atom. The number of nitrogens with zero attached hydrogens (tertiary/aromatic N) is 3. The molecule has 1 aliphatic heterocycles. The molecule has 2 N–H and O–H groups in total. The first-order valence-corrected chi connectivity index (χ1v) is 8.24. The third kappa shape index (κ3) is 3.42. The number of halogens is 2. The number of rotatable bonds is 3. The van der Waals surface area contributed by atoms with Gasteiger partial charge in [0.25, 0.3) is 5.91 Å². The molecular formula is C15H17BrFN5O. The molecule has 0 aliphatic carbocycles. The number of carbonyl (C=O) groups excluding carboxylic acids is 1. The third-order valence-corrected chi connectivity index (χ3v) is 4.58. The molecule has 0 saturated carbocycles. The molecule has 23 heavy (non-hydrogen) atoms. The maximum atomic E-state index is 13.2. The lowest BCUT2D eigenvalue weighted by Gasteiger charge is -2.23. The van der Waals surface area contributed by atoms with Gasteiger partial charge in [-0.2, -0.15) is 0 Å². The van der Waals surface area contributed by atoms with Gasteiger partial charge < -0.3 is 10.6 Å². The predicted octanol–water partition coefficient (Wildman–Crippen LogP) is 2.66. The van der Waals surface area contributed by atoms with Crippen LogP contribution >= 0.6 is 15.9 Å². The summed E-state index contributed by atoms with van der Waals surface area (Å²) in [5.41, 5.74) is 1.54. The standard InChI is InChI=1S/C15H17BrFN5O/c1-9-14(20-21-22(9)11-4-6-18-7-5-11)15(23)19-10-2-3-13(17)12(16)8-10/h2-3,8,11,18H,4-7H2,1H3,(H,19,23). The normalized spacial score (nSPS) is 15.6. The van der Waals surface area contributed by atoms with Gasteiger partial charge in [0.1, 0.15) is 5.82 Å². The summed E-state index contributed by atoms with van der Waals surface area (Å²) in [4.78, 5) is 12.4. The zero-order valence-corrected chi connectivity index (χ0v) is 14.2. The number of nitrogens with one attached hydrogen (secondary N) is 2. The van der Waals surface area contributed by atoms with E-state index < -0.39 is 0 Å². The number of piperidine rings is 1. The maximum absolute atomic E-state index is 13.2. The number of hydrogen-bond donors (Lipinski definition) is 2. The molecule has 1 aromatic carbocycles. The van der Waals surface area contributed by atoms with Gasteiger partial charge in [-0.25, -0.2) is 9.07 Å². The van der Waals surface area contributed by atoms with Crippen molar-refractivity contribution in [2.45, 2.75) is 25.8 Å². The molecular weight excluding hydrogens is 365 g/mol. The SMILES string of the molecule is Cc1c(C(=O)Nc2ccc(F)c(Br)c2)nnn1C1CCNCC1. The minimum Gasteiger partial charge on any atom is -0.320 e. The number of carbonyl (C=O) groups is 1. The number of hydrogen-bond acceptors (Lipinski definition) is 4. The smallest absolute Gasteiger partial charge is 0.278 e. The first kappa shape index (κ1) is 16.1. The van der Waals surface area contributed by atoms with Crippen molar-refractivity contribution in [2.75, 3.05) is 18.4 Å². The first-order valence-electron chi connectivity index (χ1n) is 7.45. The second kappa shape index (κ2) is 6.76. The summed E-state index contributed by atoms with van der Waals surface area (Å²) in [5.74, 6) is -0.725. The largest absolute Gasteiger partial charge is 0.320 e. The second-order valence-electron chi connectivity index (χ2n) is 5.53. The Balaban J connectivity index is 1.77. The lowest BCUT2D eigenvalue weighted by atomic mass is 10.1. The van der Waals surface area contributed by atoms with Crippen LogP contribution in [0.25, 0.3) is 0 Å². The molecule has 1 amide bonds. The Hall–Kier alpha value is -1.80. The van der Waals surface area contributed by atoms with Crippen molar-refractivity contribution in [3.05, 3.63) is 39.9 Å². The van der Waals surface area contributed by atoms with Crippen LogP contribution in [0.4, 0.5) is 10.1 Å². The van der Waals surface area contributed by atoms with Crippen LogP contribution in [0.3, 0.4) is 0 Å². The van der Waals surface area contributed by atoms with Crippen molar-refractivity contribution in [1.82, 2.24) is 20.3 Å². The van der Waals surface area contributed by atoms with Crippen molar-refractivity contribution in [3.63, 3.8) is 0 Å². The lowest BCUT2D eigenvalue weighted by molar-refractivity contribution is 0.102. The fourth-order valence-corrected chi connectivity index (χ4v) is 3.09. The molecule has 8 heteroatoms. The van der Waals surface area contributed by atoms with Gasteiger partial charge in [-0.3, -0.25) is 4.79 Å². The van der Waals surface area contributed by atoms with E-state index in [1.165, 1.54) is 18.2 Å². The van der Waals surface area contributed by atoms with Crippen LogP contribution in [0.2, 0.25) is 0 Å². The summed E-state index contributed by atoms with van der Waals surface area (Å²) in [6, 6.07) is 4.58. The maximum Gasteiger partial charge on any atom is 0.278 e. The van der Waals surface area contributed by atoms with Gasteiger partial charge in [0.15, 0.2) is 5.69 Å². The van der Waals surface area contributed by atoms with Crippen LogP contribution in [0.5, 0.6) is 0 Å². The highest BCUT2D eigenvalue weighted by atomic mass is 79.9. The predicted molar refractivity (Wildman–Crippen MR) is 88.0 cm³/mol. The monoisotopic (exact) mass is 381 g/mol. The fraction of sp³-hybridized carbons (Fsp3) is 0.400. The van der Waals surface area contributed by atoms with E-state index in [1.807, 2.05) is 11.6 Å². The summed E-state index contributed by atoms with van der Waals surface area (Å²) in [5, 5.41) is 14.2. The molecule has 0 bridgehead atoms. The Morgan fingerprint density at radius 1 is 1.43 bits per heavy atom. The zero-order valence-electron chi connectivity index (χ0n) is 12.6. The van der Waals surface area contributed by atoms with Gasteiger partial charge in [-0.05, 0) is 67.0 Å². The van der Waals surface area contributed by atoms with Gasteiger partial charge in [0.05, 0.1) is 16.2 Å². The molecule has 1 aromatic heterocycles. The third-order valence-electron chi connectivity index (χ3n) is 3.97. The average molecular weight is 382 g/mol. The summed E-state index contributed by atoms with van der Waals surface area (Å²) in [6.07, 6.45) is 1.94. The Labute approximate surface area is 141 Å². The van der Waals surface area contributed by atoms with E-state index in [0.717, 1.165) is 31.6 Å². The highest BCUT2D eigenvalue weighted by Crippen LogP contribution is 2.22. The van der Waals surface area contributed by atoms with Crippen molar-refractivity contribution in [1.29, 1.82) is 0 Å². The first-order chi connectivity index (χ1) is 11.1. The highest BCUT2D eigenvalue weighted by Gasteiger charge is 2.23. The van der Waals surface area contributed by atoms with E-state index in [9.17, 15) is 9.18 Å². The van der Waals surface area contributed by atoms with Gasteiger partial charge in [-0.15, -0.1) is 5.10 Å². The van der Waals surface area contributed by atoms with Gasteiger partial charge >= 0.3 is 0 Å². The van der Waals surface area contributed by atoms with E-state index in [4.69, 9.17) is 0 Å². The minimum absolute atomic E-state index is 0.269. The van der Waals surface area contributed by atoms with Crippen LogP contribution in [0.15, 0.2) is 22.7 Å². The molecule has 122 valence electrons. The van der Waals surface area contributed by atoms with E-state index >= 15 is 0 Å². The molecule has 3 rings (SSSR count). The number of benzene rings is 1. The van der Waals surface area contributed by atoms with Crippen molar-refractivity contribution in [3.8, 4) is 0 Å². The van der Waals surface area contributed by atoms with Crippen LogP contribution in [0.1, 0.15) is 35.1 Å². The van der Waals surface area contributed by atoms with Crippen molar-refractivity contribution < 1.29 is 9.18 Å². The van der Waals surface area contributed by atoms with Crippen molar-refractivity contribution >= 4 is 27.5 Å². The number of aromatic nitrogens is 3. The highest BCUT2D eigenvalue weighted by molar-refractivity contribution is 9.10. The average Bonchev–Trinajstić information content (AvgIpc) is 2.93. The molecule has 1 fully saturated rings. The Kier molecular flexibility index (Phi) is 4.72. The van der Waals surface area contributed by atoms with E-state index in [2.05, 4.69) is 36.9 Å². The summed E-state index contributed by atoms with van der Waals surface area (Å²) in [6.45, 7) is 3.72. The quantitative estimate of drug-likeness (QED) is 0.856. The summed E-state index contributed by atoms with van der Waals surface area (Å²) in [7, 11) is 0. The molecule has 2 aromatic rings. The molecule has 0 radical (unpaired) electrons. The molecule has 1 aliphatic rings. The van der Waals surface area contributed by atoms with Gasteiger partial charge in [0, 0.05) is 5.69 Å². The van der Waals surface area contributed by atoms with Crippen LogP contribution in [-0.2, 0) is 0 Å². The number of amides is 1. The minimum atomic E-state index is -0.379. The van der Waals surface area contributed by atoms with Gasteiger partial charge in [0.2, 0.25) is 0 Å². The molecule has 6 nitrogen and oxygen atoms in total. The molecule has 0 spiro atoms. The van der Waals surface area contributed by atoms with Crippen LogP contribution in [-0.4, -0.2) is 34.0 Å². The van der Waals surface area contributed by atoms with Crippen LogP contribution < -0.4 is 10.6 Å². The summed E-state index contributed by atoms with van der Waals surface area (Å²) < 4.78 is 15.4. The Bertz CT molecular complexity index is 727. The summed E-state index contributed by atoms with van der Waals surface area (Å²) >= 11 is 3.10. The topological polar surface area (TPSA) is 71.8 Å². The fourth-order valence-electron chi connectivity index (χ4n) is 2.71. The zero-order chi connectivity index (χ0) is 16.4. The van der Waals surface area contributed by atoms with E-state index in [0.29, 0.717) is 15.9 Å². The molecule has 2 heterocycles. The van der Waals surface area contributed by atoms with Crippen molar-refractivity contribution in [2.24, 2.45) is 0 Å². The molecule has 0 atom stereocenters. The van der Waals surface area contributed by atoms with E-state index in [1.54, 1.807) is 0 Å². The second-order valence-corrected chi connectivity index (χ2v) is 6.39.